The van der Waals surface area contributed by atoms with Crippen molar-refractivity contribution in [3.05, 3.63) is 54.2 Å². The van der Waals surface area contributed by atoms with E-state index in [1.165, 1.54) is 5.56 Å². The van der Waals surface area contributed by atoms with Gasteiger partial charge in [-0.2, -0.15) is 0 Å². The second kappa shape index (κ2) is 8.83. The molecule has 1 aliphatic heterocycles. The molecule has 1 saturated heterocycles. The van der Waals surface area contributed by atoms with Crippen molar-refractivity contribution in [2.24, 2.45) is 0 Å². The van der Waals surface area contributed by atoms with Gasteiger partial charge in [0, 0.05) is 51.1 Å². The van der Waals surface area contributed by atoms with Crippen LogP contribution in [0.5, 0.6) is 5.88 Å². The van der Waals surface area contributed by atoms with Crippen molar-refractivity contribution in [2.45, 2.75) is 25.5 Å². The van der Waals surface area contributed by atoms with Crippen LogP contribution in [0.25, 0.3) is 0 Å². The van der Waals surface area contributed by atoms with Crippen molar-refractivity contribution in [2.75, 3.05) is 38.3 Å². The number of piperazine rings is 1. The number of pyridine rings is 1. The van der Waals surface area contributed by atoms with Crippen LogP contribution in [0.3, 0.4) is 0 Å². The normalized spacial score (nSPS) is 18.8. The summed E-state index contributed by atoms with van der Waals surface area (Å²) >= 11 is 0. The highest BCUT2D eigenvalue weighted by Gasteiger charge is 2.26. The molecule has 25 heavy (non-hydrogen) atoms. The predicted octanol–water partition coefficient (Wildman–Crippen LogP) is 2.84. The van der Waals surface area contributed by atoms with Gasteiger partial charge < -0.3 is 19.7 Å². The molecular formula is C20H26N3O2. The lowest BCUT2D eigenvalue weighted by molar-refractivity contribution is 0.0871. The van der Waals surface area contributed by atoms with Crippen LogP contribution in [0.1, 0.15) is 25.0 Å². The molecule has 2 atom stereocenters. The number of ether oxygens (including phenoxy) is 2. The van der Waals surface area contributed by atoms with Crippen molar-refractivity contribution in [3.8, 4) is 5.88 Å². The lowest BCUT2D eigenvalue weighted by Gasteiger charge is -2.39. The Morgan fingerprint density at radius 2 is 2.20 bits per heavy atom. The number of anilines is 1. The Labute approximate surface area is 150 Å². The van der Waals surface area contributed by atoms with Crippen molar-refractivity contribution >= 4 is 5.69 Å². The lowest BCUT2D eigenvalue weighted by atomic mass is 9.99. The molecule has 1 aromatic carbocycles. The summed E-state index contributed by atoms with van der Waals surface area (Å²) in [5.41, 5.74) is 2.25. The zero-order valence-corrected chi connectivity index (χ0v) is 14.9. The van der Waals surface area contributed by atoms with Gasteiger partial charge in [-0.1, -0.05) is 30.3 Å². The van der Waals surface area contributed by atoms with Crippen LogP contribution in [-0.2, 0) is 4.74 Å². The molecule has 1 N–H and O–H groups in total. The van der Waals surface area contributed by atoms with E-state index in [2.05, 4.69) is 45.5 Å². The number of hydrogen-bond donors (Lipinski definition) is 1. The highest BCUT2D eigenvalue weighted by molar-refractivity contribution is 5.49. The van der Waals surface area contributed by atoms with Crippen LogP contribution < -0.4 is 15.0 Å². The van der Waals surface area contributed by atoms with E-state index in [0.29, 0.717) is 18.5 Å². The van der Waals surface area contributed by atoms with Crippen molar-refractivity contribution in [1.82, 2.24) is 10.3 Å². The summed E-state index contributed by atoms with van der Waals surface area (Å²) in [5, 5.41) is 3.50. The third kappa shape index (κ3) is 4.50. The van der Waals surface area contributed by atoms with Gasteiger partial charge in [-0.05, 0) is 18.9 Å². The molecule has 0 amide bonds. The first-order valence-electron chi connectivity index (χ1n) is 8.87. The average Bonchev–Trinajstić information content (AvgIpc) is 2.67. The smallest absolute Gasteiger partial charge is 0.215 e. The van der Waals surface area contributed by atoms with Crippen molar-refractivity contribution in [3.63, 3.8) is 0 Å². The van der Waals surface area contributed by atoms with Crippen LogP contribution in [0.15, 0.2) is 42.6 Å². The van der Waals surface area contributed by atoms with Crippen molar-refractivity contribution in [1.29, 1.82) is 0 Å². The van der Waals surface area contributed by atoms with E-state index in [9.17, 15) is 0 Å². The highest BCUT2D eigenvalue weighted by atomic mass is 16.5. The molecule has 2 aromatic rings. The summed E-state index contributed by atoms with van der Waals surface area (Å²) in [6.07, 6.45) is 2.68. The second-order valence-electron chi connectivity index (χ2n) is 6.13. The topological polar surface area (TPSA) is 46.6 Å². The molecule has 0 spiro atoms. The monoisotopic (exact) mass is 340 g/mol. The van der Waals surface area contributed by atoms with E-state index < -0.39 is 0 Å². The van der Waals surface area contributed by atoms with E-state index in [1.54, 1.807) is 13.3 Å². The number of methoxy groups -OCH3 is 1. The van der Waals surface area contributed by atoms with Gasteiger partial charge in [0.2, 0.25) is 5.88 Å². The maximum Gasteiger partial charge on any atom is 0.215 e. The van der Waals surface area contributed by atoms with Gasteiger partial charge >= 0.3 is 0 Å². The Bertz CT molecular complexity index is 650. The van der Waals surface area contributed by atoms with Gasteiger partial charge in [-0.15, -0.1) is 0 Å². The number of nitrogens with one attached hydrogen (secondary N) is 1. The Kier molecular flexibility index (Phi) is 6.25. The predicted molar refractivity (Wildman–Crippen MR) is 99.1 cm³/mol. The van der Waals surface area contributed by atoms with Crippen LogP contribution in [0.4, 0.5) is 5.69 Å². The maximum absolute atomic E-state index is 5.78. The van der Waals surface area contributed by atoms with Gasteiger partial charge in [0.05, 0.1) is 18.4 Å². The summed E-state index contributed by atoms with van der Waals surface area (Å²) in [6, 6.07) is 16.0. The Morgan fingerprint density at radius 3 is 2.96 bits per heavy atom. The van der Waals surface area contributed by atoms with E-state index in [4.69, 9.17) is 9.47 Å². The number of aromatic nitrogens is 1. The molecule has 2 heterocycles. The molecular weight excluding hydrogens is 314 g/mol. The third-order valence-corrected chi connectivity index (χ3v) is 4.56. The number of hydrogen-bond acceptors (Lipinski definition) is 5. The molecule has 1 aliphatic rings. The van der Waals surface area contributed by atoms with Crippen LogP contribution in [0, 0.1) is 6.07 Å². The van der Waals surface area contributed by atoms with E-state index in [-0.39, 0.29) is 6.10 Å². The summed E-state index contributed by atoms with van der Waals surface area (Å²) in [6.45, 7) is 5.39. The van der Waals surface area contributed by atoms with E-state index in [1.807, 2.05) is 19.1 Å². The quantitative estimate of drug-likeness (QED) is 0.840. The number of benzene rings is 1. The Morgan fingerprint density at radius 1 is 1.36 bits per heavy atom. The second-order valence-corrected chi connectivity index (χ2v) is 6.13. The SMILES string of the molecule is CCOc1cc(N2CCNC[C@@H]2C[C@H](OC)c2ccccc2)[c]cn1. The van der Waals surface area contributed by atoms with Crippen LogP contribution in [0.2, 0.25) is 0 Å². The molecule has 0 aliphatic carbocycles. The fourth-order valence-corrected chi connectivity index (χ4v) is 3.32. The minimum atomic E-state index is 0.0711. The number of nitrogens with zero attached hydrogens (tertiary/aromatic N) is 2. The maximum atomic E-state index is 5.78. The Balaban J connectivity index is 1.77. The van der Waals surface area contributed by atoms with Crippen molar-refractivity contribution < 1.29 is 9.47 Å². The lowest BCUT2D eigenvalue weighted by Crippen LogP contribution is -2.52. The summed E-state index contributed by atoms with van der Waals surface area (Å²) in [4.78, 5) is 6.61. The van der Waals surface area contributed by atoms with Gasteiger partial charge in [0.1, 0.15) is 0 Å². The minimum absolute atomic E-state index is 0.0711. The fourth-order valence-electron chi connectivity index (χ4n) is 3.32. The van der Waals surface area contributed by atoms with Gasteiger partial charge in [0.25, 0.3) is 0 Å². The molecule has 1 radical (unpaired) electrons. The first-order chi connectivity index (χ1) is 12.3. The first kappa shape index (κ1) is 17.7. The molecule has 0 unspecified atom stereocenters. The summed E-state index contributed by atoms with van der Waals surface area (Å²) in [5.74, 6) is 0.653. The van der Waals surface area contributed by atoms with Crippen LogP contribution >= 0.6 is 0 Å². The molecule has 5 nitrogen and oxygen atoms in total. The molecule has 133 valence electrons. The largest absolute Gasteiger partial charge is 0.478 e. The standard InChI is InChI=1S/C20H26N3O2/c1-3-25-20-14-17(9-10-22-20)23-12-11-21-15-18(23)13-19(24-2)16-7-5-4-6-8-16/h4-8,10,14,18-19,21H,3,11-13,15H2,1-2H3/t18-,19-/m0/s1. The van der Waals surface area contributed by atoms with Gasteiger partial charge in [-0.3, -0.25) is 0 Å². The van der Waals surface area contributed by atoms with E-state index >= 15 is 0 Å². The summed E-state index contributed by atoms with van der Waals surface area (Å²) < 4.78 is 11.3. The molecule has 1 fully saturated rings. The highest BCUT2D eigenvalue weighted by Crippen LogP contribution is 2.28. The zero-order chi connectivity index (χ0) is 17.5. The summed E-state index contributed by atoms with van der Waals surface area (Å²) in [7, 11) is 1.78. The Hall–Kier alpha value is -2.11. The van der Waals surface area contributed by atoms with Gasteiger partial charge in [-0.25, -0.2) is 4.98 Å². The molecule has 1 aromatic heterocycles. The minimum Gasteiger partial charge on any atom is -0.478 e. The number of rotatable bonds is 7. The van der Waals surface area contributed by atoms with Gasteiger partial charge in [0.15, 0.2) is 0 Å². The molecule has 0 saturated carbocycles. The van der Waals surface area contributed by atoms with Crippen LogP contribution in [-0.4, -0.2) is 44.4 Å². The average molecular weight is 340 g/mol. The molecule has 5 heteroatoms. The molecule has 0 bridgehead atoms. The fraction of sp³-hybridized carbons (Fsp3) is 0.450. The third-order valence-electron chi connectivity index (χ3n) is 4.56. The molecule has 3 rings (SSSR count). The zero-order valence-electron chi connectivity index (χ0n) is 14.9. The first-order valence-corrected chi connectivity index (χ1v) is 8.87. The van der Waals surface area contributed by atoms with E-state index in [0.717, 1.165) is 31.7 Å².